The van der Waals surface area contributed by atoms with Crippen molar-refractivity contribution in [3.05, 3.63) is 40.9 Å². The third-order valence-electron chi connectivity index (χ3n) is 4.73. The first kappa shape index (κ1) is 18.6. The standard InChI is InChI=1S/C18H23N3O4S/c1-2-9-21(14-8-11-26(24,25)12-14)17(22)7-10-20-13-19-16-6-4-3-5-15(16)18(20)23/h3-6,13-14H,2,7-12H2,1H3. The quantitative estimate of drug-likeness (QED) is 0.755. The zero-order valence-electron chi connectivity index (χ0n) is 14.8. The third-order valence-corrected chi connectivity index (χ3v) is 6.48. The maximum absolute atomic E-state index is 12.7. The Morgan fingerprint density at radius 3 is 2.81 bits per heavy atom. The highest BCUT2D eigenvalue weighted by Crippen LogP contribution is 2.19. The summed E-state index contributed by atoms with van der Waals surface area (Å²) in [5.74, 6) is 0.0594. The number of sulfone groups is 1. The summed E-state index contributed by atoms with van der Waals surface area (Å²) in [6.45, 7) is 2.72. The lowest BCUT2D eigenvalue weighted by atomic mass is 10.2. The van der Waals surface area contributed by atoms with Crippen LogP contribution in [-0.4, -0.2) is 52.9 Å². The molecule has 1 unspecified atom stereocenters. The number of hydrogen-bond acceptors (Lipinski definition) is 5. The van der Waals surface area contributed by atoms with Gasteiger partial charge in [0.1, 0.15) is 0 Å². The smallest absolute Gasteiger partial charge is 0.261 e. The molecule has 140 valence electrons. The summed E-state index contributed by atoms with van der Waals surface area (Å²) in [6, 6.07) is 6.84. The van der Waals surface area contributed by atoms with Gasteiger partial charge in [-0.15, -0.1) is 0 Å². The van der Waals surface area contributed by atoms with Gasteiger partial charge in [0.2, 0.25) is 5.91 Å². The summed E-state index contributed by atoms with van der Waals surface area (Å²) in [5, 5.41) is 0.523. The second-order valence-electron chi connectivity index (χ2n) is 6.65. The summed E-state index contributed by atoms with van der Waals surface area (Å²) in [4.78, 5) is 31.1. The van der Waals surface area contributed by atoms with E-state index in [2.05, 4.69) is 4.98 Å². The Morgan fingerprint density at radius 2 is 2.12 bits per heavy atom. The van der Waals surface area contributed by atoms with Crippen molar-refractivity contribution in [1.82, 2.24) is 14.5 Å². The molecular formula is C18H23N3O4S. The number of aryl methyl sites for hydroxylation is 1. The Bertz CT molecular complexity index is 968. The highest BCUT2D eigenvalue weighted by molar-refractivity contribution is 7.91. The molecule has 1 aliphatic heterocycles. The molecule has 1 amide bonds. The maximum atomic E-state index is 12.7. The molecule has 0 aliphatic carbocycles. The zero-order chi connectivity index (χ0) is 18.7. The predicted octanol–water partition coefficient (Wildman–Crippen LogP) is 1.21. The molecule has 0 spiro atoms. The van der Waals surface area contributed by atoms with Gasteiger partial charge in [0, 0.05) is 25.6 Å². The molecule has 2 heterocycles. The van der Waals surface area contributed by atoms with E-state index in [1.165, 1.54) is 10.9 Å². The van der Waals surface area contributed by atoms with Crippen molar-refractivity contribution < 1.29 is 13.2 Å². The van der Waals surface area contributed by atoms with E-state index in [1.807, 2.05) is 13.0 Å². The van der Waals surface area contributed by atoms with Crippen LogP contribution in [0.2, 0.25) is 0 Å². The second kappa shape index (κ2) is 7.57. The van der Waals surface area contributed by atoms with Crippen molar-refractivity contribution in [3.8, 4) is 0 Å². The largest absolute Gasteiger partial charge is 0.339 e. The van der Waals surface area contributed by atoms with Crippen molar-refractivity contribution in [2.45, 2.75) is 38.8 Å². The first-order valence-electron chi connectivity index (χ1n) is 8.85. The minimum atomic E-state index is -3.05. The topological polar surface area (TPSA) is 89.3 Å². The van der Waals surface area contributed by atoms with Crippen molar-refractivity contribution in [2.24, 2.45) is 0 Å². The van der Waals surface area contributed by atoms with Gasteiger partial charge in [-0.2, -0.15) is 0 Å². The Labute approximate surface area is 152 Å². The molecule has 3 rings (SSSR count). The summed E-state index contributed by atoms with van der Waals surface area (Å²) < 4.78 is 24.9. The number of carbonyl (C=O) groups excluding carboxylic acids is 1. The maximum Gasteiger partial charge on any atom is 0.261 e. The summed E-state index contributed by atoms with van der Waals surface area (Å²) in [7, 11) is -3.05. The van der Waals surface area contributed by atoms with Gasteiger partial charge in [-0.25, -0.2) is 13.4 Å². The number of hydrogen-bond donors (Lipinski definition) is 0. The van der Waals surface area contributed by atoms with Crippen molar-refractivity contribution >= 4 is 26.6 Å². The van der Waals surface area contributed by atoms with Crippen LogP contribution in [0.25, 0.3) is 10.9 Å². The van der Waals surface area contributed by atoms with E-state index < -0.39 is 9.84 Å². The normalized spacial score (nSPS) is 18.9. The van der Waals surface area contributed by atoms with E-state index in [-0.39, 0.29) is 42.0 Å². The first-order chi connectivity index (χ1) is 12.4. The van der Waals surface area contributed by atoms with E-state index in [0.29, 0.717) is 23.9 Å². The highest BCUT2D eigenvalue weighted by Gasteiger charge is 2.34. The van der Waals surface area contributed by atoms with Crippen molar-refractivity contribution in [1.29, 1.82) is 0 Å². The third kappa shape index (κ3) is 3.95. The fraction of sp³-hybridized carbons (Fsp3) is 0.500. The van der Waals surface area contributed by atoms with Crippen LogP contribution in [0.4, 0.5) is 0 Å². The van der Waals surface area contributed by atoms with Gasteiger partial charge in [-0.1, -0.05) is 19.1 Å². The zero-order valence-corrected chi connectivity index (χ0v) is 15.6. The molecule has 1 atom stereocenters. The molecule has 0 saturated carbocycles. The number of rotatable bonds is 6. The summed E-state index contributed by atoms with van der Waals surface area (Å²) >= 11 is 0. The average molecular weight is 377 g/mol. The predicted molar refractivity (Wildman–Crippen MR) is 99.7 cm³/mol. The summed E-state index contributed by atoms with van der Waals surface area (Å²) in [6.07, 6.45) is 2.87. The van der Waals surface area contributed by atoms with Crippen LogP contribution in [0.5, 0.6) is 0 Å². The number of carbonyl (C=O) groups is 1. The number of fused-ring (bicyclic) bond motifs is 1. The van der Waals surface area contributed by atoms with Gasteiger partial charge in [0.15, 0.2) is 9.84 Å². The summed E-state index contributed by atoms with van der Waals surface area (Å²) in [5.41, 5.74) is 0.456. The van der Waals surface area contributed by atoms with Gasteiger partial charge in [0.05, 0.1) is 28.7 Å². The minimum Gasteiger partial charge on any atom is -0.339 e. The first-order valence-corrected chi connectivity index (χ1v) is 10.7. The van der Waals surface area contributed by atoms with E-state index in [1.54, 1.807) is 23.1 Å². The fourth-order valence-corrected chi connectivity index (χ4v) is 5.13. The Balaban J connectivity index is 1.72. The minimum absolute atomic E-state index is 0.0379. The molecule has 0 bridgehead atoms. The fourth-order valence-electron chi connectivity index (χ4n) is 3.40. The van der Waals surface area contributed by atoms with E-state index in [0.717, 1.165) is 6.42 Å². The van der Waals surface area contributed by atoms with Gasteiger partial charge in [-0.05, 0) is 25.0 Å². The molecule has 1 aliphatic rings. The lowest BCUT2D eigenvalue weighted by molar-refractivity contribution is -0.133. The van der Waals surface area contributed by atoms with Crippen molar-refractivity contribution in [3.63, 3.8) is 0 Å². The SMILES string of the molecule is CCCN(C(=O)CCn1cnc2ccccc2c1=O)C1CCS(=O)(=O)C1. The monoisotopic (exact) mass is 377 g/mol. The van der Waals surface area contributed by atoms with Crippen molar-refractivity contribution in [2.75, 3.05) is 18.1 Å². The lowest BCUT2D eigenvalue weighted by Gasteiger charge is -2.28. The molecule has 2 aromatic rings. The van der Waals surface area contributed by atoms with Gasteiger partial charge < -0.3 is 4.90 Å². The molecular weight excluding hydrogens is 354 g/mol. The molecule has 0 N–H and O–H groups in total. The van der Waals surface area contributed by atoms with Crippen LogP contribution in [0.1, 0.15) is 26.2 Å². The average Bonchev–Trinajstić information content (AvgIpc) is 2.98. The Morgan fingerprint density at radius 1 is 1.35 bits per heavy atom. The highest BCUT2D eigenvalue weighted by atomic mass is 32.2. The molecule has 7 nitrogen and oxygen atoms in total. The van der Waals surface area contributed by atoms with Crippen LogP contribution in [-0.2, 0) is 21.2 Å². The van der Waals surface area contributed by atoms with Crippen LogP contribution >= 0.6 is 0 Å². The molecule has 0 radical (unpaired) electrons. The molecule has 26 heavy (non-hydrogen) atoms. The molecule has 1 saturated heterocycles. The van der Waals surface area contributed by atoms with Crippen LogP contribution < -0.4 is 5.56 Å². The molecule has 8 heteroatoms. The number of nitrogens with zero attached hydrogens (tertiary/aromatic N) is 3. The number of para-hydroxylation sites is 1. The molecule has 1 fully saturated rings. The van der Waals surface area contributed by atoms with Gasteiger partial charge in [-0.3, -0.25) is 14.2 Å². The molecule has 1 aromatic heterocycles. The second-order valence-corrected chi connectivity index (χ2v) is 8.88. The Kier molecular flexibility index (Phi) is 5.41. The number of aromatic nitrogens is 2. The number of amides is 1. The Hall–Kier alpha value is -2.22. The van der Waals surface area contributed by atoms with E-state index in [9.17, 15) is 18.0 Å². The van der Waals surface area contributed by atoms with E-state index >= 15 is 0 Å². The van der Waals surface area contributed by atoms with E-state index in [4.69, 9.17) is 0 Å². The van der Waals surface area contributed by atoms with Crippen LogP contribution in [0.3, 0.4) is 0 Å². The van der Waals surface area contributed by atoms with Gasteiger partial charge >= 0.3 is 0 Å². The van der Waals surface area contributed by atoms with Crippen LogP contribution in [0.15, 0.2) is 35.4 Å². The van der Waals surface area contributed by atoms with Crippen LogP contribution in [0, 0.1) is 0 Å². The molecule has 1 aromatic carbocycles. The van der Waals surface area contributed by atoms with Gasteiger partial charge in [0.25, 0.3) is 5.56 Å². The number of benzene rings is 1. The lowest BCUT2D eigenvalue weighted by Crippen LogP contribution is -2.42.